The number of nitrogens with one attached hydrogen (secondary N) is 1. The van der Waals surface area contributed by atoms with Gasteiger partial charge in [-0.3, -0.25) is 4.79 Å². The molecule has 2 aromatic carbocycles. The molecular weight excluding hydrogens is 360 g/mol. The Morgan fingerprint density at radius 1 is 1.11 bits per heavy atom. The van der Waals surface area contributed by atoms with Crippen LogP contribution in [0.2, 0.25) is 0 Å². The molecule has 0 atom stereocenters. The number of carbonyl (C=O) groups excluding carboxylic acids is 2. The molecule has 2 aromatic rings. The first kappa shape index (κ1) is 18.5. The van der Waals surface area contributed by atoms with E-state index >= 15 is 0 Å². The van der Waals surface area contributed by atoms with Crippen LogP contribution in [0.5, 0.6) is 0 Å². The first-order valence-electron chi connectivity index (χ1n) is 8.25. The number of esters is 1. The third-order valence-electron chi connectivity index (χ3n) is 3.91. The van der Waals surface area contributed by atoms with Gasteiger partial charge in [0, 0.05) is 15.4 Å². The van der Waals surface area contributed by atoms with E-state index in [1.165, 1.54) is 0 Å². The van der Waals surface area contributed by atoms with E-state index in [2.05, 4.69) is 11.9 Å². The molecule has 0 spiro atoms. The lowest BCUT2D eigenvalue weighted by molar-refractivity contribution is -0.139. The van der Waals surface area contributed by atoms with Crippen molar-refractivity contribution in [2.24, 2.45) is 0 Å². The van der Waals surface area contributed by atoms with E-state index in [0.717, 1.165) is 20.9 Å². The van der Waals surface area contributed by atoms with Gasteiger partial charge in [0.05, 0.1) is 6.61 Å². The Hall–Kier alpha value is -3.30. The topological polar surface area (TPSA) is 79.2 Å². The summed E-state index contributed by atoms with van der Waals surface area (Å²) in [4.78, 5) is 26.4. The summed E-state index contributed by atoms with van der Waals surface area (Å²) < 4.78 is 4.82. The van der Waals surface area contributed by atoms with Crippen molar-refractivity contribution in [3.63, 3.8) is 0 Å². The van der Waals surface area contributed by atoms with Crippen molar-refractivity contribution in [2.75, 3.05) is 6.61 Å². The molecule has 27 heavy (non-hydrogen) atoms. The van der Waals surface area contributed by atoms with E-state index in [0.29, 0.717) is 5.57 Å². The summed E-state index contributed by atoms with van der Waals surface area (Å²) in [6.07, 6.45) is 0. The lowest BCUT2D eigenvalue weighted by atomic mass is 9.92. The number of benzene rings is 2. The highest BCUT2D eigenvalue weighted by atomic mass is 32.2. The highest BCUT2D eigenvalue weighted by Gasteiger charge is 2.27. The first-order valence-corrected chi connectivity index (χ1v) is 9.06. The summed E-state index contributed by atoms with van der Waals surface area (Å²) in [6.45, 7) is 5.34. The number of nitriles is 1. The SMILES string of the molecule is C=C(NC(=O)C(C#N)=C1c2ccccc2Sc2ccccc21)C(=O)OCC. The fourth-order valence-electron chi connectivity index (χ4n) is 2.75. The standard InChI is InChI=1S/C21H16N2O3S/c1-3-26-21(25)13(2)23-20(24)16(12-22)19-14-8-4-6-10-17(14)27-18-11-7-5-9-15(18)19/h4-11H,2-3H2,1H3,(H,23,24). The van der Waals surface area contributed by atoms with Crippen molar-refractivity contribution >= 4 is 29.2 Å². The Morgan fingerprint density at radius 3 is 2.19 bits per heavy atom. The van der Waals surface area contributed by atoms with Gasteiger partial charge in [-0.05, 0) is 30.2 Å². The van der Waals surface area contributed by atoms with E-state index in [-0.39, 0.29) is 17.9 Å². The van der Waals surface area contributed by atoms with Gasteiger partial charge in [0.1, 0.15) is 17.3 Å². The maximum absolute atomic E-state index is 12.7. The molecule has 0 saturated heterocycles. The molecule has 0 unspecified atom stereocenters. The lowest BCUT2D eigenvalue weighted by Crippen LogP contribution is -2.29. The third kappa shape index (κ3) is 3.64. The van der Waals surface area contributed by atoms with Gasteiger partial charge in [-0.25, -0.2) is 4.79 Å². The molecule has 6 heteroatoms. The normalized spacial score (nSPS) is 11.5. The van der Waals surface area contributed by atoms with Crippen molar-refractivity contribution in [2.45, 2.75) is 16.7 Å². The molecule has 1 aliphatic rings. The summed E-state index contributed by atoms with van der Waals surface area (Å²) in [7, 11) is 0. The van der Waals surface area contributed by atoms with Gasteiger partial charge < -0.3 is 10.1 Å². The molecule has 1 amide bonds. The molecule has 0 fully saturated rings. The molecule has 1 aliphatic heterocycles. The minimum absolute atomic E-state index is 0.0827. The molecule has 0 aliphatic carbocycles. The van der Waals surface area contributed by atoms with Crippen LogP contribution in [0, 0.1) is 11.3 Å². The molecule has 1 heterocycles. The van der Waals surface area contributed by atoms with Crippen molar-refractivity contribution in [1.29, 1.82) is 5.26 Å². The highest BCUT2D eigenvalue weighted by molar-refractivity contribution is 7.99. The number of nitrogens with zero attached hydrogens (tertiary/aromatic N) is 1. The summed E-state index contributed by atoms with van der Waals surface area (Å²) in [5.74, 6) is -1.42. The second-order valence-electron chi connectivity index (χ2n) is 5.61. The minimum atomic E-state index is -0.729. The number of amides is 1. The summed E-state index contributed by atoms with van der Waals surface area (Å²) in [6, 6.07) is 17.2. The molecule has 1 N–H and O–H groups in total. The average molecular weight is 376 g/mol. The van der Waals surface area contributed by atoms with Crippen LogP contribution in [0.4, 0.5) is 0 Å². The fraction of sp³-hybridized carbons (Fsp3) is 0.0952. The summed E-state index contributed by atoms with van der Waals surface area (Å²) >= 11 is 1.58. The van der Waals surface area contributed by atoms with Crippen LogP contribution in [-0.4, -0.2) is 18.5 Å². The number of rotatable bonds is 4. The number of ether oxygens (including phenoxy) is 1. The van der Waals surface area contributed by atoms with Gasteiger partial charge in [0.2, 0.25) is 0 Å². The smallest absolute Gasteiger partial charge is 0.354 e. The monoisotopic (exact) mass is 376 g/mol. The molecule has 3 rings (SSSR count). The van der Waals surface area contributed by atoms with E-state index in [1.54, 1.807) is 18.7 Å². The minimum Gasteiger partial charge on any atom is -0.461 e. The number of fused-ring (bicyclic) bond motifs is 2. The molecule has 0 radical (unpaired) electrons. The number of carbonyl (C=O) groups is 2. The Bertz CT molecular complexity index is 971. The predicted octanol–water partition coefficient (Wildman–Crippen LogP) is 3.67. The van der Waals surface area contributed by atoms with Gasteiger partial charge in [0.25, 0.3) is 5.91 Å². The second kappa shape index (κ2) is 7.94. The first-order chi connectivity index (χ1) is 13.1. The van der Waals surface area contributed by atoms with E-state index in [4.69, 9.17) is 4.74 Å². The van der Waals surface area contributed by atoms with Crippen LogP contribution < -0.4 is 5.32 Å². The van der Waals surface area contributed by atoms with Crippen molar-refractivity contribution in [1.82, 2.24) is 5.32 Å². The van der Waals surface area contributed by atoms with Crippen LogP contribution in [-0.2, 0) is 14.3 Å². The Morgan fingerprint density at radius 2 is 1.67 bits per heavy atom. The summed E-state index contributed by atoms with van der Waals surface area (Å²) in [5.41, 5.74) is 1.85. The molecule has 0 aromatic heterocycles. The zero-order chi connectivity index (χ0) is 19.4. The maximum Gasteiger partial charge on any atom is 0.354 e. The third-order valence-corrected chi connectivity index (χ3v) is 5.06. The van der Waals surface area contributed by atoms with E-state index in [9.17, 15) is 14.9 Å². The average Bonchev–Trinajstić information content (AvgIpc) is 2.68. The van der Waals surface area contributed by atoms with E-state index < -0.39 is 11.9 Å². The quantitative estimate of drug-likeness (QED) is 0.427. The van der Waals surface area contributed by atoms with Gasteiger partial charge in [0.15, 0.2) is 0 Å². The second-order valence-corrected chi connectivity index (χ2v) is 6.69. The molecule has 5 nitrogen and oxygen atoms in total. The van der Waals surface area contributed by atoms with E-state index in [1.807, 2.05) is 54.6 Å². The van der Waals surface area contributed by atoms with Crippen LogP contribution in [0.1, 0.15) is 18.1 Å². The van der Waals surface area contributed by atoms with Crippen molar-refractivity contribution in [3.05, 3.63) is 77.5 Å². The van der Waals surface area contributed by atoms with Crippen molar-refractivity contribution < 1.29 is 14.3 Å². The fourth-order valence-corrected chi connectivity index (χ4v) is 3.84. The van der Waals surface area contributed by atoms with Gasteiger partial charge >= 0.3 is 5.97 Å². The van der Waals surface area contributed by atoms with Crippen LogP contribution >= 0.6 is 11.8 Å². The predicted molar refractivity (Wildman–Crippen MR) is 103 cm³/mol. The lowest BCUT2D eigenvalue weighted by Gasteiger charge is -2.22. The van der Waals surface area contributed by atoms with Gasteiger partial charge in [-0.1, -0.05) is 54.7 Å². The Balaban J connectivity index is 2.09. The number of hydrogen-bond donors (Lipinski definition) is 1. The largest absolute Gasteiger partial charge is 0.461 e. The molecular formula is C21H16N2O3S. The maximum atomic E-state index is 12.7. The zero-order valence-electron chi connectivity index (χ0n) is 14.6. The molecule has 134 valence electrons. The molecule has 0 saturated carbocycles. The van der Waals surface area contributed by atoms with Crippen LogP contribution in [0.15, 0.2) is 76.2 Å². The Kier molecular flexibility index (Phi) is 5.43. The van der Waals surface area contributed by atoms with Crippen molar-refractivity contribution in [3.8, 4) is 6.07 Å². The highest BCUT2D eigenvalue weighted by Crippen LogP contribution is 2.46. The zero-order valence-corrected chi connectivity index (χ0v) is 15.4. The van der Waals surface area contributed by atoms with Crippen LogP contribution in [0.3, 0.4) is 0 Å². The Labute approximate surface area is 161 Å². The summed E-state index contributed by atoms with van der Waals surface area (Å²) in [5, 5.41) is 12.1. The van der Waals surface area contributed by atoms with Gasteiger partial charge in [-0.2, -0.15) is 5.26 Å². The van der Waals surface area contributed by atoms with Gasteiger partial charge in [-0.15, -0.1) is 0 Å². The number of hydrogen-bond acceptors (Lipinski definition) is 5. The molecule has 0 bridgehead atoms. The van der Waals surface area contributed by atoms with Crippen LogP contribution in [0.25, 0.3) is 5.57 Å².